The van der Waals surface area contributed by atoms with Crippen LogP contribution >= 0.6 is 24.0 Å². The van der Waals surface area contributed by atoms with Gasteiger partial charge < -0.3 is 4.42 Å². The summed E-state index contributed by atoms with van der Waals surface area (Å²) in [4.78, 5) is 35.5. The summed E-state index contributed by atoms with van der Waals surface area (Å²) in [7, 11) is 0. The summed E-state index contributed by atoms with van der Waals surface area (Å²) in [5, 5.41) is 22.1. The number of non-ortho nitro benzene ring substituents is 1. The highest BCUT2D eigenvalue weighted by Gasteiger charge is 2.33. The van der Waals surface area contributed by atoms with E-state index in [1.807, 2.05) is 0 Å². The van der Waals surface area contributed by atoms with Gasteiger partial charge in [-0.25, -0.2) is 0 Å². The summed E-state index contributed by atoms with van der Waals surface area (Å²) in [6.07, 6.45) is 1.50. The Labute approximate surface area is 184 Å². The quantitative estimate of drug-likeness (QED) is 0.225. The van der Waals surface area contributed by atoms with E-state index in [0.717, 1.165) is 11.8 Å². The van der Waals surface area contributed by atoms with Crippen LogP contribution in [0.15, 0.2) is 70.0 Å². The van der Waals surface area contributed by atoms with Crippen LogP contribution in [0.5, 0.6) is 0 Å². The molecule has 1 aromatic heterocycles. The van der Waals surface area contributed by atoms with E-state index in [-0.39, 0.29) is 15.7 Å². The molecule has 0 N–H and O–H groups in total. The number of furan rings is 1. The van der Waals surface area contributed by atoms with Gasteiger partial charge >= 0.3 is 0 Å². The average molecular weight is 453 g/mol. The van der Waals surface area contributed by atoms with Crippen LogP contribution in [0.4, 0.5) is 17.1 Å². The lowest BCUT2D eigenvalue weighted by Crippen LogP contribution is -2.27. The SMILES string of the molecule is O=C1/C(=C/c2ccc(-c3ccccc3[N+](=O)[O-])o2)SC(=S)N1c1ccc([N+](=O)[O-])cc1. The second-order valence-electron chi connectivity index (χ2n) is 6.27. The molecule has 0 bridgehead atoms. The van der Waals surface area contributed by atoms with E-state index in [4.69, 9.17) is 16.6 Å². The van der Waals surface area contributed by atoms with Crippen molar-refractivity contribution in [3.8, 4) is 11.3 Å². The molecule has 2 heterocycles. The van der Waals surface area contributed by atoms with Crippen molar-refractivity contribution in [2.45, 2.75) is 0 Å². The molecular weight excluding hydrogens is 442 g/mol. The topological polar surface area (TPSA) is 120 Å². The number of anilines is 1. The van der Waals surface area contributed by atoms with Gasteiger partial charge in [0, 0.05) is 24.3 Å². The number of hydrogen-bond acceptors (Lipinski definition) is 8. The number of benzene rings is 2. The fourth-order valence-electron chi connectivity index (χ4n) is 2.96. The molecule has 9 nitrogen and oxygen atoms in total. The number of thioether (sulfide) groups is 1. The first-order chi connectivity index (χ1) is 14.8. The van der Waals surface area contributed by atoms with Gasteiger partial charge in [0.25, 0.3) is 17.3 Å². The van der Waals surface area contributed by atoms with Gasteiger partial charge in [-0.3, -0.25) is 29.9 Å². The van der Waals surface area contributed by atoms with Crippen molar-refractivity contribution in [3.63, 3.8) is 0 Å². The molecule has 1 aliphatic rings. The highest BCUT2D eigenvalue weighted by Crippen LogP contribution is 2.37. The van der Waals surface area contributed by atoms with Gasteiger partial charge in [-0.1, -0.05) is 36.1 Å². The molecule has 1 saturated heterocycles. The van der Waals surface area contributed by atoms with Crippen molar-refractivity contribution in [1.29, 1.82) is 0 Å². The predicted octanol–water partition coefficient (Wildman–Crippen LogP) is 5.17. The highest BCUT2D eigenvalue weighted by atomic mass is 32.2. The maximum absolute atomic E-state index is 12.8. The standard InChI is InChI=1S/C20H11N3O6S2/c24-19-18(31-20(30)21(19)12-5-7-13(8-6-12)22(25)26)11-14-9-10-17(29-14)15-3-1-2-4-16(15)23(27)28/h1-11H/b18-11-. The van der Waals surface area contributed by atoms with E-state index in [0.29, 0.717) is 27.7 Å². The molecule has 4 rings (SSSR count). The minimum Gasteiger partial charge on any atom is -0.456 e. The van der Waals surface area contributed by atoms with E-state index in [1.54, 1.807) is 30.3 Å². The number of hydrogen-bond donors (Lipinski definition) is 0. The molecule has 11 heteroatoms. The number of thiocarbonyl (C=S) groups is 1. The number of para-hydroxylation sites is 1. The first-order valence-corrected chi connectivity index (χ1v) is 9.93. The Hall–Kier alpha value is -3.83. The van der Waals surface area contributed by atoms with Crippen LogP contribution in [-0.4, -0.2) is 20.1 Å². The Morgan fingerprint density at radius 1 is 0.968 bits per heavy atom. The first-order valence-electron chi connectivity index (χ1n) is 8.71. The van der Waals surface area contributed by atoms with E-state index < -0.39 is 15.8 Å². The summed E-state index contributed by atoms with van der Waals surface area (Å²) in [5.41, 5.74) is 0.554. The second-order valence-corrected chi connectivity index (χ2v) is 7.94. The van der Waals surface area contributed by atoms with Crippen molar-refractivity contribution >= 4 is 57.3 Å². The van der Waals surface area contributed by atoms with Gasteiger partial charge in [0.05, 0.1) is 26.0 Å². The van der Waals surface area contributed by atoms with E-state index in [1.165, 1.54) is 41.3 Å². The number of nitrogens with zero attached hydrogens (tertiary/aromatic N) is 3. The Bertz CT molecular complexity index is 1270. The average Bonchev–Trinajstić information content (AvgIpc) is 3.32. The number of carbonyl (C=O) groups excluding carboxylic acids is 1. The van der Waals surface area contributed by atoms with Crippen molar-refractivity contribution in [1.82, 2.24) is 0 Å². The molecule has 31 heavy (non-hydrogen) atoms. The smallest absolute Gasteiger partial charge is 0.280 e. The second kappa shape index (κ2) is 8.13. The van der Waals surface area contributed by atoms with E-state index in [9.17, 15) is 25.0 Å². The molecule has 0 atom stereocenters. The molecular formula is C20H11N3O6S2. The van der Waals surface area contributed by atoms with Crippen molar-refractivity contribution < 1.29 is 19.1 Å². The number of carbonyl (C=O) groups is 1. The maximum atomic E-state index is 12.8. The van der Waals surface area contributed by atoms with Crippen molar-refractivity contribution in [3.05, 3.63) is 91.6 Å². The summed E-state index contributed by atoms with van der Waals surface area (Å²) in [5.74, 6) is 0.231. The number of nitro benzene ring substituents is 2. The van der Waals surface area contributed by atoms with Crippen LogP contribution in [0.25, 0.3) is 17.4 Å². The van der Waals surface area contributed by atoms with Crippen molar-refractivity contribution in [2.24, 2.45) is 0 Å². The van der Waals surface area contributed by atoms with Crippen LogP contribution in [0.2, 0.25) is 0 Å². The molecule has 1 aliphatic heterocycles. The van der Waals surface area contributed by atoms with Gasteiger partial charge in [-0.15, -0.1) is 0 Å². The lowest BCUT2D eigenvalue weighted by molar-refractivity contribution is -0.384. The summed E-state index contributed by atoms with van der Waals surface area (Å²) >= 11 is 6.35. The van der Waals surface area contributed by atoms with Crippen LogP contribution in [0, 0.1) is 20.2 Å². The Kier molecular flexibility index (Phi) is 5.36. The monoisotopic (exact) mass is 453 g/mol. The lowest BCUT2D eigenvalue weighted by Gasteiger charge is -2.13. The highest BCUT2D eigenvalue weighted by molar-refractivity contribution is 8.27. The largest absolute Gasteiger partial charge is 0.456 e. The van der Waals surface area contributed by atoms with E-state index >= 15 is 0 Å². The Morgan fingerprint density at radius 2 is 1.68 bits per heavy atom. The van der Waals surface area contributed by atoms with Gasteiger partial charge in [-0.2, -0.15) is 0 Å². The van der Waals surface area contributed by atoms with Crippen LogP contribution in [0.3, 0.4) is 0 Å². The number of amides is 1. The lowest BCUT2D eigenvalue weighted by atomic mass is 10.1. The minimum absolute atomic E-state index is 0.0899. The molecule has 1 amide bonds. The third-order valence-corrected chi connectivity index (χ3v) is 5.68. The molecule has 154 valence electrons. The molecule has 0 spiro atoms. The first kappa shape index (κ1) is 20.4. The fourth-order valence-corrected chi connectivity index (χ4v) is 4.24. The number of rotatable bonds is 5. The van der Waals surface area contributed by atoms with Gasteiger partial charge in [0.1, 0.15) is 11.5 Å². The molecule has 2 aromatic carbocycles. The molecule has 0 saturated carbocycles. The zero-order chi connectivity index (χ0) is 22.1. The Morgan fingerprint density at radius 3 is 2.35 bits per heavy atom. The maximum Gasteiger partial charge on any atom is 0.280 e. The van der Waals surface area contributed by atoms with Gasteiger partial charge in [0.2, 0.25) is 0 Å². The van der Waals surface area contributed by atoms with Gasteiger partial charge in [-0.05, 0) is 30.3 Å². The molecule has 0 radical (unpaired) electrons. The van der Waals surface area contributed by atoms with Crippen LogP contribution in [0.1, 0.15) is 5.76 Å². The normalized spacial score (nSPS) is 15.0. The summed E-state index contributed by atoms with van der Waals surface area (Å²) in [6, 6.07) is 14.9. The minimum atomic E-state index is -0.528. The Balaban J connectivity index is 1.61. The zero-order valence-electron chi connectivity index (χ0n) is 15.5. The molecule has 1 fully saturated rings. The molecule has 0 aliphatic carbocycles. The van der Waals surface area contributed by atoms with Crippen LogP contribution in [-0.2, 0) is 4.79 Å². The summed E-state index contributed by atoms with van der Waals surface area (Å²) < 4.78 is 5.98. The van der Waals surface area contributed by atoms with Crippen molar-refractivity contribution in [2.75, 3.05) is 4.90 Å². The molecule has 3 aromatic rings. The van der Waals surface area contributed by atoms with E-state index in [2.05, 4.69) is 0 Å². The van der Waals surface area contributed by atoms with Gasteiger partial charge in [0.15, 0.2) is 4.32 Å². The predicted molar refractivity (Wildman–Crippen MR) is 120 cm³/mol. The summed E-state index contributed by atoms with van der Waals surface area (Å²) in [6.45, 7) is 0. The fraction of sp³-hybridized carbons (Fsp3) is 0. The van der Waals surface area contributed by atoms with Crippen LogP contribution < -0.4 is 4.90 Å². The zero-order valence-corrected chi connectivity index (χ0v) is 17.1. The number of nitro groups is 2. The molecule has 0 unspecified atom stereocenters. The third-order valence-electron chi connectivity index (χ3n) is 4.38. The third kappa shape index (κ3) is 3.96.